The summed E-state index contributed by atoms with van der Waals surface area (Å²) in [5, 5.41) is 3.36. The lowest BCUT2D eigenvalue weighted by Crippen LogP contribution is -2.38. The maximum Gasteiger partial charge on any atom is 0.264 e. The zero-order chi connectivity index (χ0) is 24.0. The molecule has 1 amide bonds. The monoisotopic (exact) mass is 486 g/mol. The van der Waals surface area contributed by atoms with Gasteiger partial charge in [0.2, 0.25) is 5.91 Å². The molecule has 0 heterocycles. The van der Waals surface area contributed by atoms with Crippen LogP contribution >= 0.6 is 11.6 Å². The van der Waals surface area contributed by atoms with Crippen molar-refractivity contribution in [1.29, 1.82) is 0 Å². The molecule has 0 radical (unpaired) electrons. The number of rotatable bonds is 9. The molecule has 1 N–H and O–H groups in total. The molecule has 3 aromatic rings. The number of sulfonamides is 1. The molecule has 0 aliphatic rings. The topological polar surface area (TPSA) is 75.7 Å². The number of methoxy groups -OCH3 is 1. The van der Waals surface area contributed by atoms with E-state index < -0.39 is 22.5 Å². The molecule has 0 saturated heterocycles. The number of carbonyl (C=O) groups is 1. The Balaban J connectivity index is 2.03. The number of nitrogens with one attached hydrogen (secondary N) is 1. The van der Waals surface area contributed by atoms with E-state index in [2.05, 4.69) is 5.32 Å². The van der Waals surface area contributed by atoms with Crippen molar-refractivity contribution >= 4 is 38.9 Å². The van der Waals surface area contributed by atoms with Crippen LogP contribution in [0.25, 0.3) is 0 Å². The van der Waals surface area contributed by atoms with Gasteiger partial charge in [-0.25, -0.2) is 8.42 Å². The maximum atomic E-state index is 13.6. The highest BCUT2D eigenvalue weighted by molar-refractivity contribution is 7.92. The van der Waals surface area contributed by atoms with Crippen molar-refractivity contribution in [2.45, 2.75) is 31.6 Å². The third-order valence-corrected chi connectivity index (χ3v) is 7.33. The predicted molar refractivity (Wildman–Crippen MR) is 133 cm³/mol. The summed E-state index contributed by atoms with van der Waals surface area (Å²) in [5.41, 5.74) is 2.99. The fraction of sp³-hybridized carbons (Fsp3) is 0.240. The maximum absolute atomic E-state index is 13.6. The van der Waals surface area contributed by atoms with E-state index in [-0.39, 0.29) is 10.6 Å². The second-order valence-electron chi connectivity index (χ2n) is 7.34. The SMILES string of the molecule is CCc1cccc(CC)c1NC(=O)CN(c1ccccc1OC)S(=O)(=O)c1ccc(Cl)cc1. The van der Waals surface area contributed by atoms with Crippen LogP contribution in [0.4, 0.5) is 11.4 Å². The predicted octanol–water partition coefficient (Wildman–Crippen LogP) is 5.31. The van der Waals surface area contributed by atoms with Crippen LogP contribution in [0.5, 0.6) is 5.75 Å². The molecule has 0 atom stereocenters. The molecule has 0 aromatic heterocycles. The van der Waals surface area contributed by atoms with Crippen molar-refractivity contribution in [2.75, 3.05) is 23.3 Å². The summed E-state index contributed by atoms with van der Waals surface area (Å²) in [6.45, 7) is 3.60. The van der Waals surface area contributed by atoms with Gasteiger partial charge in [-0.15, -0.1) is 0 Å². The van der Waals surface area contributed by atoms with Gasteiger partial charge in [-0.05, 0) is 60.4 Å². The van der Waals surface area contributed by atoms with Gasteiger partial charge in [0.1, 0.15) is 12.3 Å². The van der Waals surface area contributed by atoms with Gasteiger partial charge in [0, 0.05) is 10.7 Å². The molecule has 3 aromatic carbocycles. The van der Waals surface area contributed by atoms with E-state index in [4.69, 9.17) is 16.3 Å². The number of para-hydroxylation sites is 3. The van der Waals surface area contributed by atoms with Crippen molar-refractivity contribution in [3.63, 3.8) is 0 Å². The molecule has 0 aliphatic carbocycles. The Morgan fingerprint density at radius 2 is 1.55 bits per heavy atom. The molecule has 8 heteroatoms. The second-order valence-corrected chi connectivity index (χ2v) is 9.64. The van der Waals surface area contributed by atoms with Crippen LogP contribution in [0.2, 0.25) is 5.02 Å². The second kappa shape index (κ2) is 10.7. The molecule has 174 valence electrons. The molecule has 3 rings (SSSR count). The molecule has 0 aliphatic heterocycles. The van der Waals surface area contributed by atoms with Crippen LogP contribution in [-0.2, 0) is 27.7 Å². The summed E-state index contributed by atoms with van der Waals surface area (Å²) in [7, 11) is -2.63. The number of amides is 1. The largest absolute Gasteiger partial charge is 0.495 e. The number of nitrogens with zero attached hydrogens (tertiary/aromatic N) is 1. The highest BCUT2D eigenvalue weighted by Crippen LogP contribution is 2.33. The minimum absolute atomic E-state index is 0.0220. The van der Waals surface area contributed by atoms with E-state index in [1.165, 1.54) is 31.4 Å². The van der Waals surface area contributed by atoms with Gasteiger partial charge >= 0.3 is 0 Å². The van der Waals surface area contributed by atoms with E-state index in [0.717, 1.165) is 34.0 Å². The molecular formula is C25H27ClN2O4S. The summed E-state index contributed by atoms with van der Waals surface area (Å²) in [6.07, 6.45) is 1.48. The van der Waals surface area contributed by atoms with Crippen molar-refractivity contribution < 1.29 is 17.9 Å². The summed E-state index contributed by atoms with van der Waals surface area (Å²) in [4.78, 5) is 13.2. The Morgan fingerprint density at radius 3 is 2.12 bits per heavy atom. The fourth-order valence-electron chi connectivity index (χ4n) is 3.58. The van der Waals surface area contributed by atoms with Crippen LogP contribution in [0.3, 0.4) is 0 Å². The Bertz CT molecular complexity index is 1210. The van der Waals surface area contributed by atoms with Gasteiger partial charge < -0.3 is 10.1 Å². The minimum Gasteiger partial charge on any atom is -0.495 e. The third-order valence-electron chi connectivity index (χ3n) is 5.31. The van der Waals surface area contributed by atoms with Crippen molar-refractivity contribution in [2.24, 2.45) is 0 Å². The van der Waals surface area contributed by atoms with E-state index in [1.54, 1.807) is 24.3 Å². The summed E-state index contributed by atoms with van der Waals surface area (Å²) in [6, 6.07) is 18.4. The minimum atomic E-state index is -4.09. The average Bonchev–Trinajstić information content (AvgIpc) is 2.82. The van der Waals surface area contributed by atoms with Gasteiger partial charge in [-0.2, -0.15) is 0 Å². The third kappa shape index (κ3) is 5.49. The Hall–Kier alpha value is -3.03. The zero-order valence-corrected chi connectivity index (χ0v) is 20.4. The first-order chi connectivity index (χ1) is 15.8. The summed E-state index contributed by atoms with van der Waals surface area (Å²) in [5.74, 6) is -0.111. The van der Waals surface area contributed by atoms with E-state index >= 15 is 0 Å². The van der Waals surface area contributed by atoms with Gasteiger partial charge in [-0.1, -0.05) is 55.8 Å². The Kier molecular flexibility index (Phi) is 8.00. The van der Waals surface area contributed by atoms with E-state index in [0.29, 0.717) is 10.8 Å². The number of hydrogen-bond donors (Lipinski definition) is 1. The first-order valence-electron chi connectivity index (χ1n) is 10.6. The average molecular weight is 487 g/mol. The van der Waals surface area contributed by atoms with Crippen LogP contribution < -0.4 is 14.4 Å². The number of hydrogen-bond acceptors (Lipinski definition) is 4. The molecule has 0 unspecified atom stereocenters. The molecule has 0 bridgehead atoms. The van der Waals surface area contributed by atoms with Crippen LogP contribution in [-0.4, -0.2) is 28.0 Å². The molecule has 0 spiro atoms. The zero-order valence-electron chi connectivity index (χ0n) is 18.8. The first-order valence-corrected chi connectivity index (χ1v) is 12.5. The highest BCUT2D eigenvalue weighted by atomic mass is 35.5. The molecule has 6 nitrogen and oxygen atoms in total. The van der Waals surface area contributed by atoms with Crippen molar-refractivity contribution in [1.82, 2.24) is 0 Å². The van der Waals surface area contributed by atoms with Crippen LogP contribution in [0, 0.1) is 0 Å². The van der Waals surface area contributed by atoms with Crippen molar-refractivity contribution in [3.05, 3.63) is 82.9 Å². The van der Waals surface area contributed by atoms with E-state index in [9.17, 15) is 13.2 Å². The quantitative estimate of drug-likeness (QED) is 0.445. The highest BCUT2D eigenvalue weighted by Gasteiger charge is 2.29. The Morgan fingerprint density at radius 1 is 0.939 bits per heavy atom. The van der Waals surface area contributed by atoms with E-state index in [1.807, 2.05) is 32.0 Å². The van der Waals surface area contributed by atoms with Gasteiger partial charge in [0.05, 0.1) is 17.7 Å². The smallest absolute Gasteiger partial charge is 0.264 e. The van der Waals surface area contributed by atoms with Gasteiger partial charge in [0.15, 0.2) is 0 Å². The lowest BCUT2D eigenvalue weighted by Gasteiger charge is -2.26. The molecular weight excluding hydrogens is 460 g/mol. The van der Waals surface area contributed by atoms with Crippen molar-refractivity contribution in [3.8, 4) is 5.75 Å². The number of benzene rings is 3. The molecule has 0 saturated carbocycles. The fourth-order valence-corrected chi connectivity index (χ4v) is 5.14. The number of anilines is 2. The number of aryl methyl sites for hydroxylation is 2. The number of carbonyl (C=O) groups excluding carboxylic acids is 1. The molecule has 33 heavy (non-hydrogen) atoms. The number of halogens is 1. The first kappa shape index (κ1) is 24.6. The van der Waals surface area contributed by atoms with Gasteiger partial charge in [0.25, 0.3) is 10.0 Å². The Labute approximate surface area is 200 Å². The summed E-state index contributed by atoms with van der Waals surface area (Å²) >= 11 is 5.95. The molecule has 0 fully saturated rings. The van der Waals surface area contributed by atoms with Crippen LogP contribution in [0.1, 0.15) is 25.0 Å². The lowest BCUT2D eigenvalue weighted by atomic mass is 10.0. The standard InChI is InChI=1S/C25H27ClN2O4S/c1-4-18-9-8-10-19(5-2)25(18)27-24(29)17-28(22-11-6-7-12-23(22)32-3)33(30,31)21-15-13-20(26)14-16-21/h6-16H,4-5,17H2,1-3H3,(H,27,29). The van der Waals surface area contributed by atoms with Crippen LogP contribution in [0.15, 0.2) is 71.6 Å². The number of ether oxygens (including phenoxy) is 1. The normalized spacial score (nSPS) is 11.2. The van der Waals surface area contributed by atoms with Gasteiger partial charge in [-0.3, -0.25) is 9.10 Å². The summed E-state index contributed by atoms with van der Waals surface area (Å²) < 4.78 is 33.6. The lowest BCUT2D eigenvalue weighted by molar-refractivity contribution is -0.114.